The molecule has 0 heterocycles. The lowest BCUT2D eigenvalue weighted by atomic mass is 9.83. The van der Waals surface area contributed by atoms with E-state index in [-0.39, 0.29) is 10.1 Å². The van der Waals surface area contributed by atoms with Crippen LogP contribution in [0.3, 0.4) is 0 Å². The second kappa shape index (κ2) is 5.18. The summed E-state index contributed by atoms with van der Waals surface area (Å²) in [4.78, 5) is 22.2. The van der Waals surface area contributed by atoms with Gasteiger partial charge in [0.1, 0.15) is 0 Å². The Morgan fingerprint density at radius 2 is 2.12 bits per heavy atom. The van der Waals surface area contributed by atoms with Crippen LogP contribution in [-0.4, -0.2) is 26.5 Å². The van der Waals surface area contributed by atoms with Gasteiger partial charge in [0.25, 0.3) is 0 Å². The molecule has 2 N–H and O–H groups in total. The summed E-state index contributed by atoms with van der Waals surface area (Å²) >= 11 is 6.37. The normalized spacial score (nSPS) is 28.0. The smallest absolute Gasteiger partial charge is 0.336 e. The van der Waals surface area contributed by atoms with E-state index in [1.165, 1.54) is 12.2 Å². The van der Waals surface area contributed by atoms with Gasteiger partial charge in [-0.15, -0.1) is 6.58 Å². The molecule has 2 unspecified atom stereocenters. The summed E-state index contributed by atoms with van der Waals surface area (Å²) < 4.78 is -0.678. The van der Waals surface area contributed by atoms with Crippen molar-refractivity contribution in [2.75, 3.05) is 0 Å². The molecule has 1 rings (SSSR count). The lowest BCUT2D eigenvalue weighted by Crippen LogP contribution is -2.37. The number of hydrogen-bond acceptors (Lipinski definition) is 2. The van der Waals surface area contributed by atoms with E-state index in [0.29, 0.717) is 6.42 Å². The second-order valence-electron chi connectivity index (χ2n) is 3.61. The van der Waals surface area contributed by atoms with Gasteiger partial charge in [-0.3, -0.25) is 4.79 Å². The predicted octanol–water partition coefficient (Wildman–Crippen LogP) is 2.70. The van der Waals surface area contributed by atoms with E-state index in [0.717, 1.165) is 0 Å². The highest BCUT2D eigenvalue weighted by Gasteiger charge is 2.41. The molecular formula is C11H10Br2O4. The van der Waals surface area contributed by atoms with Crippen LogP contribution < -0.4 is 0 Å². The molecule has 0 aromatic heterocycles. The summed E-state index contributed by atoms with van der Waals surface area (Å²) in [6, 6.07) is 0. The van der Waals surface area contributed by atoms with Gasteiger partial charge in [-0.1, -0.05) is 50.1 Å². The van der Waals surface area contributed by atoms with Crippen molar-refractivity contribution in [2.24, 2.45) is 5.92 Å². The Balaban J connectivity index is 3.28. The zero-order chi connectivity index (χ0) is 13.2. The number of hydrogen-bond donors (Lipinski definition) is 2. The average molecular weight is 366 g/mol. The summed E-state index contributed by atoms with van der Waals surface area (Å²) in [5.41, 5.74) is 0.0428. The van der Waals surface area contributed by atoms with Gasteiger partial charge in [-0.05, 0) is 6.42 Å². The van der Waals surface area contributed by atoms with Crippen LogP contribution in [0.1, 0.15) is 6.42 Å². The number of alkyl halides is 1. The lowest BCUT2D eigenvalue weighted by molar-refractivity contribution is -0.141. The van der Waals surface area contributed by atoms with Gasteiger partial charge in [0.2, 0.25) is 0 Å². The van der Waals surface area contributed by atoms with Gasteiger partial charge in [-0.25, -0.2) is 4.79 Å². The van der Waals surface area contributed by atoms with Crippen LogP contribution in [0.4, 0.5) is 0 Å². The molecule has 0 saturated heterocycles. The van der Waals surface area contributed by atoms with Crippen LogP contribution in [-0.2, 0) is 9.59 Å². The Labute approximate surface area is 115 Å². The standard InChI is InChI=1S/C11H10Br2O4/c1-2-3-11(13)5-6(9(14)15)8(12)4-7(11)10(16)17/h2,4-5,7H,1,3H2,(H,14,15)(H,16,17). The minimum absolute atomic E-state index is 0.0428. The molecule has 0 spiro atoms. The van der Waals surface area contributed by atoms with E-state index in [1.54, 1.807) is 6.08 Å². The fraction of sp³-hybridized carbons (Fsp3) is 0.273. The van der Waals surface area contributed by atoms with Gasteiger partial charge in [-0.2, -0.15) is 0 Å². The molecule has 0 fully saturated rings. The van der Waals surface area contributed by atoms with Crippen molar-refractivity contribution in [3.8, 4) is 0 Å². The Hall–Kier alpha value is -0.880. The molecule has 4 nitrogen and oxygen atoms in total. The molecule has 17 heavy (non-hydrogen) atoms. The quantitative estimate of drug-likeness (QED) is 0.593. The summed E-state index contributed by atoms with van der Waals surface area (Å²) in [7, 11) is 0. The number of rotatable bonds is 4. The van der Waals surface area contributed by atoms with E-state index >= 15 is 0 Å². The monoisotopic (exact) mass is 364 g/mol. The summed E-state index contributed by atoms with van der Waals surface area (Å²) in [5, 5.41) is 18.1. The van der Waals surface area contributed by atoms with Crippen LogP contribution in [0.25, 0.3) is 0 Å². The van der Waals surface area contributed by atoms with Crippen LogP contribution in [0.15, 0.2) is 34.9 Å². The molecule has 1 aliphatic carbocycles. The van der Waals surface area contributed by atoms with Crippen LogP contribution in [0.5, 0.6) is 0 Å². The third kappa shape index (κ3) is 2.87. The summed E-state index contributed by atoms with van der Waals surface area (Å²) in [5.74, 6) is -2.98. The zero-order valence-electron chi connectivity index (χ0n) is 8.69. The van der Waals surface area contributed by atoms with E-state index in [9.17, 15) is 9.59 Å². The second-order valence-corrected chi connectivity index (χ2v) is 5.94. The van der Waals surface area contributed by atoms with Gasteiger partial charge in [0.05, 0.1) is 15.8 Å². The van der Waals surface area contributed by atoms with E-state index < -0.39 is 22.2 Å². The first-order chi connectivity index (χ1) is 7.81. The van der Waals surface area contributed by atoms with Crippen molar-refractivity contribution in [1.29, 1.82) is 0 Å². The van der Waals surface area contributed by atoms with Gasteiger partial charge in [0.15, 0.2) is 0 Å². The molecule has 0 bridgehead atoms. The Bertz CT molecular complexity index is 439. The van der Waals surface area contributed by atoms with Crippen molar-refractivity contribution in [3.63, 3.8) is 0 Å². The predicted molar refractivity (Wildman–Crippen MR) is 70.3 cm³/mol. The molecule has 6 heteroatoms. The third-order valence-corrected chi connectivity index (χ3v) is 4.16. The van der Waals surface area contributed by atoms with Crippen LogP contribution >= 0.6 is 31.9 Å². The average Bonchev–Trinajstić information content (AvgIpc) is 2.21. The van der Waals surface area contributed by atoms with Gasteiger partial charge >= 0.3 is 11.9 Å². The fourth-order valence-corrected chi connectivity index (χ4v) is 2.96. The van der Waals surface area contributed by atoms with Crippen molar-refractivity contribution >= 4 is 43.8 Å². The van der Waals surface area contributed by atoms with Crippen LogP contribution in [0.2, 0.25) is 0 Å². The van der Waals surface area contributed by atoms with Gasteiger partial charge < -0.3 is 10.2 Å². The summed E-state index contributed by atoms with van der Waals surface area (Å²) in [6.45, 7) is 3.55. The number of allylic oxidation sites excluding steroid dienone is 2. The molecule has 0 aromatic carbocycles. The number of aliphatic carboxylic acids is 2. The molecule has 2 atom stereocenters. The largest absolute Gasteiger partial charge is 0.481 e. The highest BCUT2D eigenvalue weighted by atomic mass is 79.9. The Morgan fingerprint density at radius 3 is 2.53 bits per heavy atom. The highest BCUT2D eigenvalue weighted by Crippen LogP contribution is 2.42. The topological polar surface area (TPSA) is 74.6 Å². The molecule has 0 aliphatic heterocycles. The zero-order valence-corrected chi connectivity index (χ0v) is 11.9. The van der Waals surface area contributed by atoms with Crippen molar-refractivity contribution in [2.45, 2.75) is 10.7 Å². The van der Waals surface area contributed by atoms with Crippen molar-refractivity contribution < 1.29 is 19.8 Å². The third-order valence-electron chi connectivity index (χ3n) is 2.43. The molecule has 92 valence electrons. The maximum Gasteiger partial charge on any atom is 0.336 e. The fourth-order valence-electron chi connectivity index (χ4n) is 1.62. The number of carboxylic acid groups (broad SMARTS) is 2. The van der Waals surface area contributed by atoms with Gasteiger partial charge in [0, 0.05) is 4.48 Å². The summed E-state index contributed by atoms with van der Waals surface area (Å²) in [6.07, 6.45) is 4.65. The van der Waals surface area contributed by atoms with Crippen molar-refractivity contribution in [1.82, 2.24) is 0 Å². The molecule has 0 radical (unpaired) electrons. The molecular weight excluding hydrogens is 356 g/mol. The molecule has 0 amide bonds. The highest BCUT2D eigenvalue weighted by molar-refractivity contribution is 9.12. The maximum atomic E-state index is 11.2. The Kier molecular flexibility index (Phi) is 4.32. The SMILES string of the molecule is C=CCC1(Br)C=C(C(=O)O)C(Br)=CC1C(=O)O. The first-order valence-electron chi connectivity index (χ1n) is 4.68. The maximum absolute atomic E-state index is 11.2. The number of halogens is 2. The van der Waals surface area contributed by atoms with E-state index in [4.69, 9.17) is 10.2 Å². The lowest BCUT2D eigenvalue weighted by Gasteiger charge is -2.31. The minimum Gasteiger partial charge on any atom is -0.481 e. The number of carbonyl (C=O) groups is 2. The van der Waals surface area contributed by atoms with Crippen LogP contribution in [0, 0.1) is 5.92 Å². The molecule has 0 aromatic rings. The first-order valence-corrected chi connectivity index (χ1v) is 6.27. The number of carboxylic acids is 2. The van der Waals surface area contributed by atoms with Crippen molar-refractivity contribution in [3.05, 3.63) is 34.9 Å². The minimum atomic E-state index is -1.11. The molecule has 1 aliphatic rings. The Morgan fingerprint density at radius 1 is 1.53 bits per heavy atom. The molecule has 0 saturated carbocycles. The first kappa shape index (κ1) is 14.2. The van der Waals surface area contributed by atoms with E-state index in [2.05, 4.69) is 38.4 Å². The van der Waals surface area contributed by atoms with E-state index in [1.807, 2.05) is 0 Å².